The van der Waals surface area contributed by atoms with Gasteiger partial charge in [-0.05, 0) is 42.0 Å². The number of thioether (sulfide) groups is 1. The minimum atomic E-state index is 0.231. The van der Waals surface area contributed by atoms with Gasteiger partial charge in [-0.1, -0.05) is 30.7 Å². The van der Waals surface area contributed by atoms with E-state index in [-0.39, 0.29) is 5.91 Å². The topological polar surface area (TPSA) is 63.9 Å². The number of fused-ring (bicyclic) bond motifs is 1. The third-order valence-corrected chi connectivity index (χ3v) is 5.63. The van der Waals surface area contributed by atoms with Crippen LogP contribution in [-0.4, -0.2) is 49.4 Å². The van der Waals surface area contributed by atoms with Crippen LogP contribution in [0.3, 0.4) is 0 Å². The lowest BCUT2D eigenvalue weighted by molar-refractivity contribution is -0.134. The molecule has 0 N–H and O–H groups in total. The highest BCUT2D eigenvalue weighted by atomic mass is 32.2. The van der Waals surface area contributed by atoms with Crippen molar-refractivity contribution in [3.05, 3.63) is 12.7 Å². The first kappa shape index (κ1) is 15.5. The van der Waals surface area contributed by atoms with Gasteiger partial charge >= 0.3 is 0 Å². The molecule has 0 radical (unpaired) electrons. The molecule has 2 heterocycles. The van der Waals surface area contributed by atoms with Gasteiger partial charge < -0.3 is 4.90 Å². The Morgan fingerprint density at radius 1 is 1.32 bits per heavy atom. The molecule has 0 spiro atoms. The van der Waals surface area contributed by atoms with Crippen molar-refractivity contribution in [3.63, 3.8) is 0 Å². The minimum Gasteiger partial charge on any atom is -0.339 e. The molecule has 0 bridgehead atoms. The zero-order valence-electron chi connectivity index (χ0n) is 12.9. The third kappa shape index (κ3) is 3.34. The molecule has 1 amide bonds. The Bertz CT molecular complexity index is 530. The number of likely N-dealkylation sites (tertiary alicyclic amines) is 1. The first-order valence-electron chi connectivity index (χ1n) is 8.09. The van der Waals surface area contributed by atoms with Crippen LogP contribution in [0.1, 0.15) is 38.5 Å². The third-order valence-electron chi connectivity index (χ3n) is 4.69. The Morgan fingerprint density at radius 3 is 3.00 bits per heavy atom. The number of amides is 1. The molecule has 1 saturated carbocycles. The molecule has 3 rings (SSSR count). The molecule has 6 nitrogen and oxygen atoms in total. The van der Waals surface area contributed by atoms with Crippen LogP contribution in [0, 0.1) is 5.92 Å². The average Bonchev–Trinajstić information content (AvgIpc) is 3.00. The standard InChI is InChI=1S/C15H23N5OS/c1-2-9-20-15(16-17-18-20)22-11-14(21)19-10-5-7-12-6-3-4-8-13(12)19/h2,12-13H,1,3-11H2. The van der Waals surface area contributed by atoms with Gasteiger partial charge in [0.1, 0.15) is 0 Å². The van der Waals surface area contributed by atoms with Crippen LogP contribution in [-0.2, 0) is 11.3 Å². The highest BCUT2D eigenvalue weighted by Crippen LogP contribution is 2.35. The van der Waals surface area contributed by atoms with Crippen molar-refractivity contribution in [2.24, 2.45) is 5.92 Å². The smallest absolute Gasteiger partial charge is 0.233 e. The Kier molecular flexibility index (Phi) is 5.12. The number of carbonyl (C=O) groups is 1. The van der Waals surface area contributed by atoms with Crippen LogP contribution < -0.4 is 0 Å². The lowest BCUT2D eigenvalue weighted by Crippen LogP contribution is -2.50. The second-order valence-corrected chi connectivity index (χ2v) is 7.00. The summed E-state index contributed by atoms with van der Waals surface area (Å²) < 4.78 is 1.67. The zero-order chi connectivity index (χ0) is 15.4. The number of piperidine rings is 1. The number of rotatable bonds is 5. The summed E-state index contributed by atoms with van der Waals surface area (Å²) in [5.41, 5.74) is 0. The number of allylic oxidation sites excluding steroid dienone is 1. The molecule has 1 aliphatic heterocycles. The summed E-state index contributed by atoms with van der Waals surface area (Å²) in [6, 6.07) is 0.472. The molecule has 1 aromatic heterocycles. The molecule has 1 aliphatic carbocycles. The van der Waals surface area contributed by atoms with Gasteiger partial charge in [-0.2, -0.15) is 0 Å². The molecule has 1 saturated heterocycles. The normalized spacial score (nSPS) is 24.8. The van der Waals surface area contributed by atoms with E-state index in [9.17, 15) is 4.79 Å². The fraction of sp³-hybridized carbons (Fsp3) is 0.733. The van der Waals surface area contributed by atoms with Crippen molar-refractivity contribution in [2.45, 2.75) is 56.3 Å². The molecule has 2 aliphatic rings. The quantitative estimate of drug-likeness (QED) is 0.614. The number of tetrazole rings is 1. The lowest BCUT2D eigenvalue weighted by Gasteiger charge is -2.44. The van der Waals surface area contributed by atoms with Crippen LogP contribution >= 0.6 is 11.8 Å². The van der Waals surface area contributed by atoms with E-state index >= 15 is 0 Å². The zero-order valence-corrected chi connectivity index (χ0v) is 13.7. The Balaban J connectivity index is 1.59. The van der Waals surface area contributed by atoms with Crippen LogP contribution in [0.2, 0.25) is 0 Å². The second-order valence-electron chi connectivity index (χ2n) is 6.06. The summed E-state index contributed by atoms with van der Waals surface area (Å²) in [6.07, 6.45) is 9.24. The molecular formula is C15H23N5OS. The van der Waals surface area contributed by atoms with Gasteiger partial charge in [0.05, 0.1) is 12.3 Å². The first-order chi connectivity index (χ1) is 10.8. The Labute approximate surface area is 135 Å². The predicted molar refractivity (Wildman–Crippen MR) is 85.4 cm³/mol. The summed E-state index contributed by atoms with van der Waals surface area (Å²) in [4.78, 5) is 14.8. The molecule has 2 fully saturated rings. The van der Waals surface area contributed by atoms with Gasteiger partial charge in [0, 0.05) is 12.6 Å². The van der Waals surface area contributed by atoms with E-state index in [2.05, 4.69) is 27.0 Å². The van der Waals surface area contributed by atoms with Crippen molar-refractivity contribution < 1.29 is 4.79 Å². The molecule has 0 aromatic carbocycles. The van der Waals surface area contributed by atoms with Crippen molar-refractivity contribution in [1.29, 1.82) is 0 Å². The fourth-order valence-corrected chi connectivity index (χ4v) is 4.45. The van der Waals surface area contributed by atoms with E-state index in [1.54, 1.807) is 10.8 Å². The minimum absolute atomic E-state index is 0.231. The summed E-state index contributed by atoms with van der Waals surface area (Å²) in [6.45, 7) is 5.17. The summed E-state index contributed by atoms with van der Waals surface area (Å²) in [7, 11) is 0. The van der Waals surface area contributed by atoms with Gasteiger partial charge in [-0.25, -0.2) is 4.68 Å². The van der Waals surface area contributed by atoms with Crippen LogP contribution in [0.5, 0.6) is 0 Å². The molecule has 1 aromatic rings. The number of hydrogen-bond acceptors (Lipinski definition) is 5. The summed E-state index contributed by atoms with van der Waals surface area (Å²) in [5, 5.41) is 12.2. The van der Waals surface area contributed by atoms with Crippen LogP contribution in [0.4, 0.5) is 0 Å². The van der Waals surface area contributed by atoms with Crippen molar-refractivity contribution in [2.75, 3.05) is 12.3 Å². The SMILES string of the molecule is C=CCn1nnnc1SCC(=O)N1CCCC2CCCCC21. The van der Waals surface area contributed by atoms with E-state index < -0.39 is 0 Å². The summed E-state index contributed by atoms with van der Waals surface area (Å²) >= 11 is 1.42. The van der Waals surface area contributed by atoms with E-state index in [0.29, 0.717) is 23.5 Å². The highest BCUT2D eigenvalue weighted by molar-refractivity contribution is 7.99. The van der Waals surface area contributed by atoms with Crippen molar-refractivity contribution in [3.8, 4) is 0 Å². The molecule has 22 heavy (non-hydrogen) atoms. The van der Waals surface area contributed by atoms with Gasteiger partial charge in [-0.15, -0.1) is 11.7 Å². The monoisotopic (exact) mass is 321 g/mol. The number of hydrogen-bond donors (Lipinski definition) is 0. The number of nitrogens with zero attached hydrogens (tertiary/aromatic N) is 5. The molecule has 7 heteroatoms. The van der Waals surface area contributed by atoms with E-state index in [4.69, 9.17) is 0 Å². The maximum atomic E-state index is 12.6. The van der Waals surface area contributed by atoms with Crippen LogP contribution in [0.15, 0.2) is 17.8 Å². The van der Waals surface area contributed by atoms with E-state index in [1.165, 1.54) is 43.9 Å². The largest absolute Gasteiger partial charge is 0.339 e. The highest BCUT2D eigenvalue weighted by Gasteiger charge is 2.35. The van der Waals surface area contributed by atoms with Crippen molar-refractivity contribution >= 4 is 17.7 Å². The van der Waals surface area contributed by atoms with Crippen LogP contribution in [0.25, 0.3) is 0 Å². The summed E-state index contributed by atoms with van der Waals surface area (Å²) in [5.74, 6) is 1.37. The Hall–Kier alpha value is -1.37. The maximum Gasteiger partial charge on any atom is 0.233 e. The van der Waals surface area contributed by atoms with Gasteiger partial charge in [0.25, 0.3) is 0 Å². The second kappa shape index (κ2) is 7.26. The molecule has 2 unspecified atom stereocenters. The maximum absolute atomic E-state index is 12.6. The lowest BCUT2D eigenvalue weighted by atomic mass is 9.78. The number of carbonyl (C=O) groups excluding carboxylic acids is 1. The predicted octanol–water partition coefficient (Wildman–Crippen LogP) is 2.13. The average molecular weight is 321 g/mol. The Morgan fingerprint density at radius 2 is 2.14 bits per heavy atom. The van der Waals surface area contributed by atoms with Crippen molar-refractivity contribution in [1.82, 2.24) is 25.1 Å². The molecule has 2 atom stereocenters. The van der Waals surface area contributed by atoms with Gasteiger partial charge in [-0.3, -0.25) is 4.79 Å². The first-order valence-corrected chi connectivity index (χ1v) is 9.07. The fourth-order valence-electron chi connectivity index (χ4n) is 3.68. The van der Waals surface area contributed by atoms with E-state index in [0.717, 1.165) is 18.9 Å². The van der Waals surface area contributed by atoms with Gasteiger partial charge in [0.2, 0.25) is 11.1 Å². The molecular weight excluding hydrogens is 298 g/mol. The van der Waals surface area contributed by atoms with E-state index in [1.807, 2.05) is 0 Å². The molecule has 120 valence electrons. The number of aromatic nitrogens is 4. The van der Waals surface area contributed by atoms with Gasteiger partial charge in [0.15, 0.2) is 0 Å².